The number of ether oxygens (including phenoxy) is 1. The summed E-state index contributed by atoms with van der Waals surface area (Å²) in [5.41, 5.74) is 5.09. The van der Waals surface area contributed by atoms with Gasteiger partial charge in [0, 0.05) is 22.8 Å². The number of aromatic nitrogens is 1. The number of nitrogens with zero attached hydrogens (tertiary/aromatic N) is 3. The van der Waals surface area contributed by atoms with Gasteiger partial charge in [-0.3, -0.25) is 14.6 Å². The van der Waals surface area contributed by atoms with Gasteiger partial charge in [-0.05, 0) is 78.8 Å². The molecule has 1 N–H and O–H groups in total. The van der Waals surface area contributed by atoms with Crippen LogP contribution in [0.3, 0.4) is 0 Å². The summed E-state index contributed by atoms with van der Waals surface area (Å²) in [5.74, 6) is 0.219. The Labute approximate surface area is 281 Å². The monoisotopic (exact) mass is 649 g/mol. The van der Waals surface area contributed by atoms with Crippen LogP contribution in [-0.4, -0.2) is 33.7 Å². The number of benzene rings is 3. The van der Waals surface area contributed by atoms with Crippen LogP contribution in [0.1, 0.15) is 80.0 Å². The van der Waals surface area contributed by atoms with Crippen LogP contribution in [0.5, 0.6) is 5.75 Å². The molecule has 0 radical (unpaired) electrons. The van der Waals surface area contributed by atoms with Gasteiger partial charge in [-0.1, -0.05) is 75.2 Å². The normalized spacial score (nSPS) is 15.3. The Hall–Kier alpha value is -4.56. The van der Waals surface area contributed by atoms with Crippen LogP contribution in [0.4, 0.5) is 5.69 Å². The van der Waals surface area contributed by atoms with Crippen molar-refractivity contribution in [3.8, 4) is 17.0 Å². The van der Waals surface area contributed by atoms with E-state index in [0.29, 0.717) is 12.5 Å². The van der Waals surface area contributed by atoms with Gasteiger partial charge >= 0.3 is 5.97 Å². The lowest BCUT2D eigenvalue weighted by Crippen LogP contribution is -2.38. The average Bonchev–Trinajstić information content (AvgIpc) is 3.72. The van der Waals surface area contributed by atoms with Crippen LogP contribution in [0.2, 0.25) is 0 Å². The zero-order chi connectivity index (χ0) is 33.2. The van der Waals surface area contributed by atoms with Crippen LogP contribution in [0.25, 0.3) is 11.3 Å². The quantitative estimate of drug-likeness (QED) is 0.131. The number of carboxylic acids is 1. The maximum absolute atomic E-state index is 13.7. The maximum Gasteiger partial charge on any atom is 0.306 e. The van der Waals surface area contributed by atoms with E-state index in [1.165, 1.54) is 42.6 Å². The molecule has 0 fully saturated rings. The molecule has 0 saturated heterocycles. The molecule has 4 aromatic rings. The molecule has 0 bridgehead atoms. The van der Waals surface area contributed by atoms with E-state index >= 15 is 0 Å². The number of allylic oxidation sites excluding steroid dienone is 1. The molecule has 3 aromatic carbocycles. The number of aliphatic imine (C=N–C) groups is 1. The van der Waals surface area contributed by atoms with E-state index in [1.54, 1.807) is 23.3 Å². The molecule has 1 amide bonds. The summed E-state index contributed by atoms with van der Waals surface area (Å²) in [6.45, 7) is 7.32. The first-order valence-electron chi connectivity index (χ1n) is 16.4. The number of thiazole rings is 1. The zero-order valence-corrected chi connectivity index (χ0v) is 28.2. The van der Waals surface area contributed by atoms with Crippen LogP contribution >= 0.6 is 11.3 Å². The van der Waals surface area contributed by atoms with E-state index in [1.807, 2.05) is 53.9 Å². The fourth-order valence-electron chi connectivity index (χ4n) is 6.16. The van der Waals surface area contributed by atoms with Crippen molar-refractivity contribution in [1.29, 1.82) is 0 Å². The highest BCUT2D eigenvalue weighted by atomic mass is 32.1. The molecule has 1 unspecified atom stereocenters. The second-order valence-electron chi connectivity index (χ2n) is 12.2. The third kappa shape index (κ3) is 8.83. The fourth-order valence-corrected chi connectivity index (χ4v) is 6.94. The highest BCUT2D eigenvalue weighted by Crippen LogP contribution is 2.32. The lowest BCUT2D eigenvalue weighted by Gasteiger charge is -2.27. The smallest absolute Gasteiger partial charge is 0.306 e. The summed E-state index contributed by atoms with van der Waals surface area (Å²) >= 11 is 1.49. The zero-order valence-electron chi connectivity index (χ0n) is 27.4. The number of carboxylic acid groups (broad SMARTS) is 1. The Bertz CT molecular complexity index is 1690. The van der Waals surface area contributed by atoms with E-state index in [0.717, 1.165) is 38.8 Å². The Morgan fingerprint density at radius 2 is 1.72 bits per heavy atom. The average molecular weight is 650 g/mol. The highest BCUT2D eigenvalue weighted by molar-refractivity contribution is 7.10. The van der Waals surface area contributed by atoms with Gasteiger partial charge < -0.3 is 14.7 Å². The molecular weight excluding hydrogens is 607 g/mol. The second-order valence-corrected chi connectivity index (χ2v) is 13.2. The molecule has 1 aromatic heterocycles. The predicted octanol–water partition coefficient (Wildman–Crippen LogP) is 9.16. The summed E-state index contributed by atoms with van der Waals surface area (Å²) in [6.07, 6.45) is 9.50. The van der Waals surface area contributed by atoms with Crippen molar-refractivity contribution in [3.63, 3.8) is 0 Å². The van der Waals surface area contributed by atoms with Gasteiger partial charge in [0.15, 0.2) is 0 Å². The molecule has 8 heteroatoms. The minimum Gasteiger partial charge on any atom is -0.489 e. The van der Waals surface area contributed by atoms with Gasteiger partial charge in [0.1, 0.15) is 17.4 Å². The van der Waals surface area contributed by atoms with Gasteiger partial charge in [-0.2, -0.15) is 0 Å². The second kappa shape index (κ2) is 15.8. The molecule has 5 rings (SSSR count). The number of rotatable bonds is 16. The highest BCUT2D eigenvalue weighted by Gasteiger charge is 2.36. The molecule has 1 aliphatic rings. The number of carbonyl (C=O) groups is 2. The molecule has 1 aliphatic heterocycles. The van der Waals surface area contributed by atoms with Crippen LogP contribution in [-0.2, 0) is 22.7 Å². The maximum atomic E-state index is 13.7. The van der Waals surface area contributed by atoms with Crippen molar-refractivity contribution < 1.29 is 19.4 Å². The van der Waals surface area contributed by atoms with Gasteiger partial charge in [-0.15, -0.1) is 11.3 Å². The van der Waals surface area contributed by atoms with Gasteiger partial charge in [-0.25, -0.2) is 4.98 Å². The number of amides is 1. The third-order valence-electron chi connectivity index (χ3n) is 8.56. The van der Waals surface area contributed by atoms with E-state index in [4.69, 9.17) is 9.72 Å². The van der Waals surface area contributed by atoms with E-state index in [-0.39, 0.29) is 25.3 Å². The number of hydrogen-bond donors (Lipinski definition) is 1. The minimum atomic E-state index is -1.08. The van der Waals surface area contributed by atoms with E-state index in [9.17, 15) is 14.7 Å². The lowest BCUT2D eigenvalue weighted by molar-refractivity contribution is -0.138. The van der Waals surface area contributed by atoms with Crippen molar-refractivity contribution in [3.05, 3.63) is 112 Å². The van der Waals surface area contributed by atoms with Gasteiger partial charge in [0.25, 0.3) is 0 Å². The predicted molar refractivity (Wildman–Crippen MR) is 190 cm³/mol. The molecule has 2 heterocycles. The largest absolute Gasteiger partial charge is 0.489 e. The van der Waals surface area contributed by atoms with Crippen LogP contribution < -0.4 is 9.64 Å². The summed E-state index contributed by atoms with van der Waals surface area (Å²) in [5, 5.41) is 12.3. The number of carbonyl (C=O) groups excluding carboxylic acids is 1. The Morgan fingerprint density at radius 3 is 2.36 bits per heavy atom. The standard InChI is InChI=1S/C39H43N3O4S/c1-4-10-30(11-5-2)31-16-14-29(15-17-31)26-46-33-18-19-34(28(3)22-33)35-27-47-36(41-35)25-42(32-12-7-6-8-13-32)37(43)23-39(24-38(44)45)20-9-21-40-39/h6-9,12-22,27,30H,4-5,10-11,23-26H2,1-3H3,(H,44,45). The number of hydrogen-bond acceptors (Lipinski definition) is 6. The number of aryl methyl sites for hydroxylation is 1. The van der Waals surface area contributed by atoms with Gasteiger partial charge in [0.2, 0.25) is 5.91 Å². The lowest BCUT2D eigenvalue weighted by atomic mass is 9.90. The van der Waals surface area contributed by atoms with Crippen molar-refractivity contribution in [2.24, 2.45) is 4.99 Å². The van der Waals surface area contributed by atoms with Crippen molar-refractivity contribution in [2.75, 3.05) is 4.90 Å². The Morgan fingerprint density at radius 1 is 0.979 bits per heavy atom. The number of aliphatic carboxylic acids is 1. The van der Waals surface area contributed by atoms with E-state index < -0.39 is 11.5 Å². The SMILES string of the molecule is CCCC(CCC)c1ccc(COc2ccc(-c3csc(CN(C(=O)CC4(CC(=O)O)C=CC=N4)c4ccccc4)n3)c(C)c2)cc1. The summed E-state index contributed by atoms with van der Waals surface area (Å²) in [4.78, 5) is 36.2. The number of anilines is 1. The molecule has 0 saturated carbocycles. The van der Waals surface area contributed by atoms with E-state index in [2.05, 4.69) is 50.0 Å². The van der Waals surface area contributed by atoms with Crippen LogP contribution in [0, 0.1) is 6.92 Å². The molecule has 0 spiro atoms. The van der Waals surface area contributed by atoms with Crippen molar-refractivity contribution in [2.45, 2.75) is 83.9 Å². The molecule has 0 aliphatic carbocycles. The fraction of sp³-hybridized carbons (Fsp3) is 0.333. The van der Waals surface area contributed by atoms with Crippen molar-refractivity contribution in [1.82, 2.24) is 4.98 Å². The molecule has 47 heavy (non-hydrogen) atoms. The summed E-state index contributed by atoms with van der Waals surface area (Å²) in [6, 6.07) is 24.3. The Kier molecular flexibility index (Phi) is 11.4. The molecule has 1 atom stereocenters. The number of para-hydroxylation sites is 1. The Balaban J connectivity index is 1.26. The first-order valence-corrected chi connectivity index (χ1v) is 17.2. The molecule has 7 nitrogen and oxygen atoms in total. The third-order valence-corrected chi connectivity index (χ3v) is 9.39. The first kappa shape index (κ1) is 33.8. The molecular formula is C39H43N3O4S. The summed E-state index contributed by atoms with van der Waals surface area (Å²) in [7, 11) is 0. The minimum absolute atomic E-state index is 0.0532. The van der Waals surface area contributed by atoms with Gasteiger partial charge in [0.05, 0.1) is 30.6 Å². The molecule has 244 valence electrons. The topological polar surface area (TPSA) is 92.1 Å². The first-order chi connectivity index (χ1) is 22.8. The van der Waals surface area contributed by atoms with Crippen molar-refractivity contribution >= 4 is 35.1 Å². The van der Waals surface area contributed by atoms with Crippen LogP contribution in [0.15, 0.2) is 95.3 Å². The summed E-state index contributed by atoms with van der Waals surface area (Å²) < 4.78 is 6.17.